The smallest absolute Gasteiger partial charge is 0.243 e. The van der Waals surface area contributed by atoms with Gasteiger partial charge in [0, 0.05) is 24.7 Å². The molecule has 2 unspecified atom stereocenters. The highest BCUT2D eigenvalue weighted by molar-refractivity contribution is 6.00. The van der Waals surface area contributed by atoms with E-state index < -0.39 is 12.1 Å². The average molecular weight is 488 g/mol. The maximum absolute atomic E-state index is 13.6. The first kappa shape index (κ1) is 24.2. The molecule has 8 heteroatoms. The number of carbonyl (C=O) groups is 2. The van der Waals surface area contributed by atoms with Crippen molar-refractivity contribution >= 4 is 17.4 Å². The molecule has 3 atom stereocenters. The van der Waals surface area contributed by atoms with Gasteiger partial charge in [-0.1, -0.05) is 67.0 Å². The number of hydrogen-bond acceptors (Lipinski definition) is 7. The third-order valence-electron chi connectivity index (χ3n) is 7.17. The largest absolute Gasteiger partial charge is 0.357 e. The quantitative estimate of drug-likeness (QED) is 0.493. The van der Waals surface area contributed by atoms with Crippen molar-refractivity contribution < 1.29 is 14.1 Å². The zero-order chi connectivity index (χ0) is 25.4. The minimum atomic E-state index is -0.759. The Balaban J connectivity index is 1.32. The Morgan fingerprint density at radius 3 is 2.75 bits per heavy atom. The second-order valence-corrected chi connectivity index (χ2v) is 10.4. The molecule has 8 nitrogen and oxygen atoms in total. The molecule has 3 N–H and O–H groups in total. The van der Waals surface area contributed by atoms with Crippen LogP contribution >= 0.6 is 0 Å². The number of aryl methyl sites for hydroxylation is 2. The number of ketones is 1. The number of nitrogens with zero attached hydrogens (tertiary/aromatic N) is 3. The molecule has 2 aliphatic rings. The van der Waals surface area contributed by atoms with E-state index in [1.807, 2.05) is 45.0 Å². The van der Waals surface area contributed by atoms with Crippen LogP contribution in [0.3, 0.4) is 0 Å². The highest BCUT2D eigenvalue weighted by Gasteiger charge is 2.40. The minimum absolute atomic E-state index is 0.00710. The number of amides is 1. The highest BCUT2D eigenvalue weighted by atomic mass is 16.5. The minimum Gasteiger partial charge on any atom is -0.357 e. The fourth-order valence-corrected chi connectivity index (χ4v) is 5.34. The molecule has 0 aliphatic carbocycles. The van der Waals surface area contributed by atoms with E-state index in [4.69, 9.17) is 10.3 Å². The number of para-hydroxylation sites is 1. The van der Waals surface area contributed by atoms with Gasteiger partial charge in [0.1, 0.15) is 6.04 Å². The van der Waals surface area contributed by atoms with E-state index in [2.05, 4.69) is 38.6 Å². The summed E-state index contributed by atoms with van der Waals surface area (Å²) < 4.78 is 5.37. The Morgan fingerprint density at radius 2 is 1.97 bits per heavy atom. The molecule has 2 aromatic carbocycles. The van der Waals surface area contributed by atoms with Gasteiger partial charge >= 0.3 is 0 Å². The number of aromatic nitrogens is 2. The lowest BCUT2D eigenvalue weighted by Gasteiger charge is -2.30. The first-order valence-corrected chi connectivity index (χ1v) is 12.7. The zero-order valence-corrected chi connectivity index (χ0v) is 21.0. The highest BCUT2D eigenvalue weighted by Crippen LogP contribution is 2.38. The number of nitrogens with one attached hydrogen (secondary N) is 1. The zero-order valence-electron chi connectivity index (χ0n) is 21.0. The maximum atomic E-state index is 13.6. The van der Waals surface area contributed by atoms with E-state index in [0.717, 1.165) is 35.2 Å². The van der Waals surface area contributed by atoms with Crippen molar-refractivity contribution in [2.24, 2.45) is 11.7 Å². The predicted molar refractivity (Wildman–Crippen MR) is 137 cm³/mol. The van der Waals surface area contributed by atoms with Crippen molar-refractivity contribution in [1.82, 2.24) is 15.5 Å². The molecule has 0 fully saturated rings. The van der Waals surface area contributed by atoms with Crippen molar-refractivity contribution in [1.29, 1.82) is 0 Å². The maximum Gasteiger partial charge on any atom is 0.243 e. The topological polar surface area (TPSA) is 114 Å². The van der Waals surface area contributed by atoms with Gasteiger partial charge in [-0.3, -0.25) is 9.59 Å². The lowest BCUT2D eigenvalue weighted by atomic mass is 9.98. The van der Waals surface area contributed by atoms with Crippen molar-refractivity contribution in [3.63, 3.8) is 0 Å². The summed E-state index contributed by atoms with van der Waals surface area (Å²) >= 11 is 0. The molecule has 5 rings (SSSR count). The average Bonchev–Trinajstić information content (AvgIpc) is 3.41. The molecule has 1 amide bonds. The molecule has 0 spiro atoms. The molecule has 0 saturated heterocycles. The Bertz CT molecular complexity index is 1280. The molecule has 3 heterocycles. The summed E-state index contributed by atoms with van der Waals surface area (Å²) in [6.07, 6.45) is 2.84. The van der Waals surface area contributed by atoms with Gasteiger partial charge in [-0.05, 0) is 42.4 Å². The molecular formula is C28H33N5O3. The summed E-state index contributed by atoms with van der Waals surface area (Å²) in [6, 6.07) is 13.1. The van der Waals surface area contributed by atoms with E-state index >= 15 is 0 Å². The number of carbonyl (C=O) groups excluding carboxylic acids is 2. The second kappa shape index (κ2) is 9.85. The summed E-state index contributed by atoms with van der Waals surface area (Å²) in [7, 11) is 0. The van der Waals surface area contributed by atoms with E-state index in [1.54, 1.807) is 0 Å². The van der Waals surface area contributed by atoms with Gasteiger partial charge < -0.3 is 20.5 Å². The standard InChI is InChI=1S/C28H33N5O3/c1-16(2)24(26(34)27-30-23(36-32-27)13-18-7-4-6-17(3)12-18)31-28(35)22-14-20-9-5-8-19-10-11-21(29)15-33(22)25(19)20/h4-9,12,16,21-22,24H,10-11,13-15,29H2,1-3H3,(H,31,35)/t21?,22-,24?/m0/s1. The van der Waals surface area contributed by atoms with Gasteiger partial charge in [0.25, 0.3) is 0 Å². The van der Waals surface area contributed by atoms with Crippen LogP contribution in [0.5, 0.6) is 0 Å². The number of nitrogens with two attached hydrogens (primary N) is 1. The van der Waals surface area contributed by atoms with E-state index in [1.165, 1.54) is 5.56 Å². The molecular weight excluding hydrogens is 454 g/mol. The molecule has 188 valence electrons. The van der Waals surface area contributed by atoms with Crippen LogP contribution in [0.1, 0.15) is 59.0 Å². The first-order chi connectivity index (χ1) is 17.3. The molecule has 0 saturated carbocycles. The number of rotatable bonds is 7. The SMILES string of the molecule is Cc1cccc(Cc2nc(C(=O)C(NC(=O)[C@@H]3Cc4cccc5c4N3CC(N)CC5)C(C)C)no2)c1. The number of hydrogen-bond donors (Lipinski definition) is 2. The molecule has 3 aromatic rings. The Kier molecular flexibility index (Phi) is 6.62. The molecule has 1 aromatic heterocycles. The summed E-state index contributed by atoms with van der Waals surface area (Å²) in [4.78, 5) is 33.4. The van der Waals surface area contributed by atoms with Crippen molar-refractivity contribution in [2.45, 2.75) is 64.6 Å². The monoisotopic (exact) mass is 487 g/mol. The summed E-state index contributed by atoms with van der Waals surface area (Å²) in [6.45, 7) is 6.45. The molecule has 0 bridgehead atoms. The summed E-state index contributed by atoms with van der Waals surface area (Å²) in [5.74, 6) is -0.311. The number of anilines is 1. The molecule has 36 heavy (non-hydrogen) atoms. The lowest BCUT2D eigenvalue weighted by molar-refractivity contribution is -0.123. The predicted octanol–water partition coefficient (Wildman–Crippen LogP) is 3.00. The van der Waals surface area contributed by atoms with Crippen LogP contribution in [-0.2, 0) is 24.1 Å². The van der Waals surface area contributed by atoms with Crippen LogP contribution in [0.2, 0.25) is 0 Å². The van der Waals surface area contributed by atoms with Gasteiger partial charge in [0.15, 0.2) is 0 Å². The summed E-state index contributed by atoms with van der Waals surface area (Å²) in [5, 5.41) is 6.94. The summed E-state index contributed by atoms with van der Waals surface area (Å²) in [5.41, 5.74) is 12.0. The van der Waals surface area contributed by atoms with Crippen LogP contribution in [0.25, 0.3) is 0 Å². The van der Waals surface area contributed by atoms with Crippen LogP contribution in [0.4, 0.5) is 5.69 Å². The fraction of sp³-hybridized carbons (Fsp3) is 0.429. The van der Waals surface area contributed by atoms with Crippen LogP contribution in [-0.4, -0.2) is 46.5 Å². The van der Waals surface area contributed by atoms with Crippen LogP contribution in [0.15, 0.2) is 47.0 Å². The van der Waals surface area contributed by atoms with E-state index in [-0.39, 0.29) is 29.5 Å². The third-order valence-corrected chi connectivity index (χ3v) is 7.17. The van der Waals surface area contributed by atoms with Crippen molar-refractivity contribution in [3.05, 3.63) is 76.4 Å². The first-order valence-electron chi connectivity index (χ1n) is 12.7. The normalized spacial score (nSPS) is 19.6. The Hall–Kier alpha value is -3.52. The van der Waals surface area contributed by atoms with Gasteiger partial charge in [-0.2, -0.15) is 4.98 Å². The Morgan fingerprint density at radius 1 is 1.19 bits per heavy atom. The number of Topliss-reactive ketones (excluding diaryl/α,β-unsaturated/α-hetero) is 1. The lowest BCUT2D eigenvalue weighted by Crippen LogP contribution is -2.54. The van der Waals surface area contributed by atoms with Crippen LogP contribution < -0.4 is 16.0 Å². The van der Waals surface area contributed by atoms with E-state index in [0.29, 0.717) is 25.3 Å². The van der Waals surface area contributed by atoms with Gasteiger partial charge in [0.05, 0.1) is 12.5 Å². The van der Waals surface area contributed by atoms with Gasteiger partial charge in [-0.15, -0.1) is 0 Å². The Labute approximate surface area is 211 Å². The van der Waals surface area contributed by atoms with Crippen molar-refractivity contribution in [3.8, 4) is 0 Å². The van der Waals surface area contributed by atoms with Gasteiger partial charge in [0.2, 0.25) is 23.4 Å². The van der Waals surface area contributed by atoms with Crippen molar-refractivity contribution in [2.75, 3.05) is 11.4 Å². The molecule has 2 aliphatic heterocycles. The molecule has 0 radical (unpaired) electrons. The third kappa shape index (κ3) is 4.78. The van der Waals surface area contributed by atoms with E-state index in [9.17, 15) is 9.59 Å². The van der Waals surface area contributed by atoms with Gasteiger partial charge in [-0.25, -0.2) is 0 Å². The van der Waals surface area contributed by atoms with Crippen LogP contribution in [0, 0.1) is 12.8 Å². The second-order valence-electron chi connectivity index (χ2n) is 10.4. The fourth-order valence-electron chi connectivity index (χ4n) is 5.34. The number of benzene rings is 2.